The molecule has 0 saturated heterocycles. The summed E-state index contributed by atoms with van der Waals surface area (Å²) in [6, 6.07) is 7.83. The number of benzene rings is 1. The summed E-state index contributed by atoms with van der Waals surface area (Å²) in [6.07, 6.45) is 3.20. The van der Waals surface area contributed by atoms with Crippen molar-refractivity contribution in [3.05, 3.63) is 52.0 Å². The number of nitrogens with zero attached hydrogens (tertiary/aromatic N) is 1. The van der Waals surface area contributed by atoms with Crippen LogP contribution in [0.4, 0.5) is 0 Å². The highest BCUT2D eigenvalue weighted by molar-refractivity contribution is 7.09. The van der Waals surface area contributed by atoms with Gasteiger partial charge in [0.1, 0.15) is 12.4 Å². The molecule has 0 unspecified atom stereocenters. The minimum atomic E-state index is -0.145. The molecule has 2 aromatic rings. The Bertz CT molecular complexity index is 635. The Morgan fingerprint density at radius 2 is 2.29 bits per heavy atom. The molecule has 0 atom stereocenters. The molecule has 4 nitrogen and oxygen atoms in total. The molecule has 110 valence electrons. The quantitative estimate of drug-likeness (QED) is 0.659. The van der Waals surface area contributed by atoms with Gasteiger partial charge < -0.3 is 10.1 Å². The van der Waals surface area contributed by atoms with Gasteiger partial charge in [0.2, 0.25) is 5.91 Å². The van der Waals surface area contributed by atoms with Gasteiger partial charge >= 0.3 is 0 Å². The summed E-state index contributed by atoms with van der Waals surface area (Å²) in [5.41, 5.74) is 1.96. The van der Waals surface area contributed by atoms with Gasteiger partial charge in [0, 0.05) is 11.5 Å². The number of hydrogen-bond donors (Lipinski definition) is 1. The van der Waals surface area contributed by atoms with E-state index in [9.17, 15) is 4.79 Å². The van der Waals surface area contributed by atoms with E-state index in [0.29, 0.717) is 13.2 Å². The predicted octanol–water partition coefficient (Wildman–Crippen LogP) is 2.97. The summed E-state index contributed by atoms with van der Waals surface area (Å²) < 4.78 is 5.55. The largest absolute Gasteiger partial charge is 0.492 e. The Morgan fingerprint density at radius 1 is 1.43 bits per heavy atom. The number of nitrogens with one attached hydrogen (secondary N) is 1. The van der Waals surface area contributed by atoms with Crippen LogP contribution in [0.15, 0.2) is 35.7 Å². The first-order chi connectivity index (χ1) is 10.1. The highest BCUT2D eigenvalue weighted by Crippen LogP contribution is 2.11. The molecule has 0 aliphatic heterocycles. The summed E-state index contributed by atoms with van der Waals surface area (Å²) in [5.74, 6) is 0.672. The Hall–Kier alpha value is -2.14. The van der Waals surface area contributed by atoms with Gasteiger partial charge in [-0.3, -0.25) is 4.79 Å². The third-order valence-electron chi connectivity index (χ3n) is 2.70. The predicted molar refractivity (Wildman–Crippen MR) is 85.6 cm³/mol. The van der Waals surface area contributed by atoms with Crippen molar-refractivity contribution in [1.29, 1.82) is 0 Å². The third kappa shape index (κ3) is 5.39. The number of aryl methyl sites for hydroxylation is 2. The topological polar surface area (TPSA) is 51.2 Å². The highest BCUT2D eigenvalue weighted by Gasteiger charge is 1.98. The summed E-state index contributed by atoms with van der Waals surface area (Å²) >= 11 is 1.56. The Balaban J connectivity index is 1.68. The van der Waals surface area contributed by atoms with Crippen LogP contribution in [0.5, 0.6) is 5.75 Å². The van der Waals surface area contributed by atoms with E-state index in [-0.39, 0.29) is 5.91 Å². The molecule has 0 bridgehead atoms. The van der Waals surface area contributed by atoms with Crippen molar-refractivity contribution >= 4 is 23.3 Å². The Morgan fingerprint density at radius 3 is 3.00 bits per heavy atom. The Kier molecular flexibility index (Phi) is 5.51. The monoisotopic (exact) mass is 302 g/mol. The van der Waals surface area contributed by atoms with Crippen LogP contribution in [0.1, 0.15) is 16.3 Å². The number of hydrogen-bond acceptors (Lipinski definition) is 4. The molecule has 1 N–H and O–H groups in total. The van der Waals surface area contributed by atoms with Crippen molar-refractivity contribution in [2.75, 3.05) is 13.2 Å². The standard InChI is InChI=1S/C16H18N2O2S/c1-12-4-3-5-15(10-12)20-9-8-17-16(19)7-6-14-11-21-13(2)18-14/h3-7,10-11H,8-9H2,1-2H3,(H,17,19)/b7-6+. The van der Waals surface area contributed by atoms with Crippen molar-refractivity contribution in [2.24, 2.45) is 0 Å². The maximum atomic E-state index is 11.6. The molecule has 0 saturated carbocycles. The molecule has 0 aliphatic carbocycles. The maximum absolute atomic E-state index is 11.6. The average molecular weight is 302 g/mol. The number of rotatable bonds is 6. The van der Waals surface area contributed by atoms with E-state index in [1.807, 2.05) is 43.5 Å². The van der Waals surface area contributed by atoms with Crippen molar-refractivity contribution < 1.29 is 9.53 Å². The number of aromatic nitrogens is 1. The molecule has 1 aromatic heterocycles. The molecule has 5 heteroatoms. The number of thiazole rings is 1. The van der Waals surface area contributed by atoms with Crippen LogP contribution in [0.3, 0.4) is 0 Å². The average Bonchev–Trinajstić information content (AvgIpc) is 2.87. The van der Waals surface area contributed by atoms with Gasteiger partial charge in [-0.05, 0) is 37.6 Å². The molecule has 2 rings (SSSR count). The van der Waals surface area contributed by atoms with Crippen LogP contribution in [0.2, 0.25) is 0 Å². The molecular formula is C16H18N2O2S. The van der Waals surface area contributed by atoms with E-state index in [0.717, 1.165) is 22.0 Å². The van der Waals surface area contributed by atoms with Gasteiger partial charge in [-0.1, -0.05) is 12.1 Å². The van der Waals surface area contributed by atoms with Gasteiger partial charge in [0.15, 0.2) is 0 Å². The zero-order valence-corrected chi connectivity index (χ0v) is 12.9. The van der Waals surface area contributed by atoms with Crippen LogP contribution in [-0.2, 0) is 4.79 Å². The first-order valence-electron chi connectivity index (χ1n) is 6.71. The lowest BCUT2D eigenvalue weighted by atomic mass is 10.2. The second kappa shape index (κ2) is 7.59. The van der Waals surface area contributed by atoms with E-state index < -0.39 is 0 Å². The number of amides is 1. The fourth-order valence-electron chi connectivity index (χ4n) is 1.72. The molecule has 0 spiro atoms. The molecule has 1 heterocycles. The summed E-state index contributed by atoms with van der Waals surface area (Å²) in [6.45, 7) is 4.86. The second-order valence-electron chi connectivity index (χ2n) is 4.58. The van der Waals surface area contributed by atoms with Gasteiger partial charge in [0.05, 0.1) is 17.2 Å². The summed E-state index contributed by atoms with van der Waals surface area (Å²) in [4.78, 5) is 15.9. The molecule has 1 amide bonds. The maximum Gasteiger partial charge on any atom is 0.244 e. The van der Waals surface area contributed by atoms with E-state index in [2.05, 4.69) is 10.3 Å². The molecular weight excluding hydrogens is 284 g/mol. The highest BCUT2D eigenvalue weighted by atomic mass is 32.1. The van der Waals surface area contributed by atoms with Crippen LogP contribution in [0.25, 0.3) is 6.08 Å². The fraction of sp³-hybridized carbons (Fsp3) is 0.250. The Labute approximate surface area is 128 Å². The van der Waals surface area contributed by atoms with Gasteiger partial charge in [-0.15, -0.1) is 11.3 Å². The van der Waals surface area contributed by atoms with E-state index in [4.69, 9.17) is 4.74 Å². The smallest absolute Gasteiger partial charge is 0.244 e. The second-order valence-corrected chi connectivity index (χ2v) is 5.64. The van der Waals surface area contributed by atoms with E-state index >= 15 is 0 Å². The number of carbonyl (C=O) groups is 1. The molecule has 21 heavy (non-hydrogen) atoms. The van der Waals surface area contributed by atoms with E-state index in [1.165, 1.54) is 6.08 Å². The molecule has 0 radical (unpaired) electrons. The lowest BCUT2D eigenvalue weighted by Gasteiger charge is -2.07. The number of ether oxygens (including phenoxy) is 1. The fourth-order valence-corrected chi connectivity index (χ4v) is 2.31. The van der Waals surface area contributed by atoms with Gasteiger partial charge in [-0.2, -0.15) is 0 Å². The SMILES string of the molecule is Cc1cccc(OCCNC(=O)/C=C/c2csc(C)n2)c1. The van der Waals surface area contributed by atoms with Crippen LogP contribution in [0, 0.1) is 13.8 Å². The van der Waals surface area contributed by atoms with Crippen LogP contribution >= 0.6 is 11.3 Å². The zero-order chi connectivity index (χ0) is 15.1. The van der Waals surface area contributed by atoms with Crippen molar-refractivity contribution in [3.63, 3.8) is 0 Å². The molecule has 0 fully saturated rings. The van der Waals surface area contributed by atoms with Gasteiger partial charge in [0.25, 0.3) is 0 Å². The van der Waals surface area contributed by atoms with E-state index in [1.54, 1.807) is 17.4 Å². The van der Waals surface area contributed by atoms with Gasteiger partial charge in [-0.25, -0.2) is 4.98 Å². The van der Waals surface area contributed by atoms with Crippen molar-refractivity contribution in [3.8, 4) is 5.75 Å². The normalized spacial score (nSPS) is 10.8. The lowest BCUT2D eigenvalue weighted by Crippen LogP contribution is -2.26. The van der Waals surface area contributed by atoms with Crippen LogP contribution < -0.4 is 10.1 Å². The minimum absolute atomic E-state index is 0.145. The van der Waals surface area contributed by atoms with Crippen molar-refractivity contribution in [1.82, 2.24) is 10.3 Å². The molecule has 1 aromatic carbocycles. The number of carbonyl (C=O) groups excluding carboxylic acids is 1. The van der Waals surface area contributed by atoms with Crippen molar-refractivity contribution in [2.45, 2.75) is 13.8 Å². The first kappa shape index (κ1) is 15.3. The summed E-state index contributed by atoms with van der Waals surface area (Å²) in [5, 5.41) is 5.67. The first-order valence-corrected chi connectivity index (χ1v) is 7.59. The lowest BCUT2D eigenvalue weighted by molar-refractivity contribution is -0.116. The third-order valence-corrected chi connectivity index (χ3v) is 3.49. The van der Waals surface area contributed by atoms with Crippen LogP contribution in [-0.4, -0.2) is 24.0 Å². The summed E-state index contributed by atoms with van der Waals surface area (Å²) in [7, 11) is 0. The minimum Gasteiger partial charge on any atom is -0.492 e. The zero-order valence-electron chi connectivity index (χ0n) is 12.1. The molecule has 0 aliphatic rings.